The minimum absolute atomic E-state index is 0.174. The fourth-order valence-electron chi connectivity index (χ4n) is 3.41. The van der Waals surface area contributed by atoms with Crippen molar-refractivity contribution in [2.45, 2.75) is 53.4 Å². The summed E-state index contributed by atoms with van der Waals surface area (Å²) in [5.41, 5.74) is 3.43. The van der Waals surface area contributed by atoms with E-state index in [-0.39, 0.29) is 5.78 Å². The highest BCUT2D eigenvalue weighted by atomic mass is 16.5. The molecule has 3 nitrogen and oxygen atoms in total. The van der Waals surface area contributed by atoms with Crippen molar-refractivity contribution in [3.8, 4) is 0 Å². The molecule has 0 spiro atoms. The Morgan fingerprint density at radius 1 is 0.968 bits per heavy atom. The van der Waals surface area contributed by atoms with Crippen LogP contribution < -0.4 is 0 Å². The van der Waals surface area contributed by atoms with Crippen molar-refractivity contribution in [1.29, 1.82) is 0 Å². The molecule has 164 valence electrons. The van der Waals surface area contributed by atoms with Crippen LogP contribution in [0.1, 0.15) is 85.2 Å². The quantitative estimate of drug-likeness (QED) is 0.219. The molecule has 0 aliphatic rings. The van der Waals surface area contributed by atoms with E-state index in [0.717, 1.165) is 36.8 Å². The molecule has 2 aromatic carbocycles. The number of esters is 1. The van der Waals surface area contributed by atoms with Crippen LogP contribution in [0.25, 0.3) is 5.57 Å². The Kier molecular flexibility index (Phi) is 9.96. The topological polar surface area (TPSA) is 43.4 Å². The molecule has 2 aromatic rings. The van der Waals surface area contributed by atoms with E-state index >= 15 is 0 Å². The van der Waals surface area contributed by atoms with Gasteiger partial charge in [-0.1, -0.05) is 93.8 Å². The fourth-order valence-corrected chi connectivity index (χ4v) is 3.41. The van der Waals surface area contributed by atoms with Crippen LogP contribution in [0.15, 0.2) is 66.8 Å². The summed E-state index contributed by atoms with van der Waals surface area (Å²) in [5, 5.41) is 0. The number of allylic oxidation sites excluding steroid dienone is 4. The van der Waals surface area contributed by atoms with Crippen LogP contribution in [0.4, 0.5) is 0 Å². The van der Waals surface area contributed by atoms with Crippen molar-refractivity contribution in [3.05, 3.63) is 89.0 Å². The number of unbranched alkanes of at least 4 members (excludes halogenated alkanes) is 1. The second kappa shape index (κ2) is 12.7. The number of hydrogen-bond donors (Lipinski definition) is 0. The molecule has 0 amide bonds. The van der Waals surface area contributed by atoms with Gasteiger partial charge in [-0.15, -0.1) is 0 Å². The van der Waals surface area contributed by atoms with Crippen molar-refractivity contribution >= 4 is 17.3 Å². The minimum Gasteiger partial charge on any atom is -0.462 e. The van der Waals surface area contributed by atoms with E-state index in [1.54, 1.807) is 24.3 Å². The van der Waals surface area contributed by atoms with Gasteiger partial charge in [-0.2, -0.15) is 0 Å². The summed E-state index contributed by atoms with van der Waals surface area (Å²) < 4.78 is 5.59. The zero-order valence-corrected chi connectivity index (χ0v) is 19.2. The van der Waals surface area contributed by atoms with Gasteiger partial charge in [0, 0.05) is 11.1 Å². The predicted octanol–water partition coefficient (Wildman–Crippen LogP) is 7.27. The first-order chi connectivity index (χ1) is 15.0. The summed E-state index contributed by atoms with van der Waals surface area (Å²) in [6.45, 7) is 8.68. The second-order valence-electron chi connectivity index (χ2n) is 7.84. The van der Waals surface area contributed by atoms with Crippen LogP contribution in [0, 0.1) is 5.92 Å². The van der Waals surface area contributed by atoms with Gasteiger partial charge < -0.3 is 4.74 Å². The van der Waals surface area contributed by atoms with Gasteiger partial charge in [0.25, 0.3) is 0 Å². The lowest BCUT2D eigenvalue weighted by atomic mass is 9.96. The van der Waals surface area contributed by atoms with Crippen LogP contribution in [0.3, 0.4) is 0 Å². The highest BCUT2D eigenvalue weighted by Crippen LogP contribution is 2.20. The van der Waals surface area contributed by atoms with Crippen LogP contribution in [0.5, 0.6) is 0 Å². The average molecular weight is 419 g/mol. The number of carbonyl (C=O) groups is 2. The largest absolute Gasteiger partial charge is 0.462 e. The monoisotopic (exact) mass is 418 g/mol. The zero-order valence-electron chi connectivity index (χ0n) is 19.2. The maximum atomic E-state index is 13.1. The van der Waals surface area contributed by atoms with Gasteiger partial charge in [-0.05, 0) is 43.4 Å². The lowest BCUT2D eigenvalue weighted by Crippen LogP contribution is -2.17. The summed E-state index contributed by atoms with van der Waals surface area (Å²) in [6, 6.07) is 14.4. The maximum absolute atomic E-state index is 13.1. The fraction of sp³-hybridized carbons (Fsp3) is 0.357. The molecule has 0 radical (unpaired) electrons. The van der Waals surface area contributed by atoms with Crippen molar-refractivity contribution in [2.24, 2.45) is 5.92 Å². The van der Waals surface area contributed by atoms with E-state index in [4.69, 9.17) is 4.74 Å². The van der Waals surface area contributed by atoms with E-state index in [2.05, 4.69) is 13.8 Å². The standard InChI is InChI=1S/C28H34O3/c1-5-8-12-21(4)23-16-18-24(19-17-23)27(29)25-14-10-11-15-26(25)28(30)31-20-22(7-3)13-9-6-2/h5,8,10-12,14-19,22H,6-7,9,13,20H2,1-4H3/b8-5-,21-12+. The van der Waals surface area contributed by atoms with Crippen molar-refractivity contribution < 1.29 is 14.3 Å². The number of ketones is 1. The molecule has 0 saturated carbocycles. The first-order valence-corrected chi connectivity index (χ1v) is 11.2. The number of rotatable bonds is 11. The summed E-state index contributed by atoms with van der Waals surface area (Å²) >= 11 is 0. The molecule has 1 atom stereocenters. The smallest absolute Gasteiger partial charge is 0.338 e. The molecule has 0 N–H and O–H groups in total. The zero-order chi connectivity index (χ0) is 22.6. The normalized spacial score (nSPS) is 12.7. The van der Waals surface area contributed by atoms with Gasteiger partial charge >= 0.3 is 5.97 Å². The summed E-state index contributed by atoms with van der Waals surface area (Å²) in [7, 11) is 0. The van der Waals surface area contributed by atoms with Crippen LogP contribution in [0.2, 0.25) is 0 Å². The average Bonchev–Trinajstić information content (AvgIpc) is 2.82. The first-order valence-electron chi connectivity index (χ1n) is 11.2. The molecule has 1 unspecified atom stereocenters. The molecular formula is C28H34O3. The van der Waals surface area contributed by atoms with E-state index in [1.165, 1.54) is 0 Å². The number of ether oxygens (including phenoxy) is 1. The number of hydrogen-bond acceptors (Lipinski definition) is 3. The lowest BCUT2D eigenvalue weighted by molar-refractivity contribution is 0.0426. The third-order valence-electron chi connectivity index (χ3n) is 5.53. The highest BCUT2D eigenvalue weighted by molar-refractivity contribution is 6.14. The van der Waals surface area contributed by atoms with Gasteiger partial charge in [0.1, 0.15) is 0 Å². The summed E-state index contributed by atoms with van der Waals surface area (Å²) in [5.74, 6) is -0.244. The maximum Gasteiger partial charge on any atom is 0.338 e. The van der Waals surface area contributed by atoms with E-state index in [1.807, 2.05) is 56.3 Å². The van der Waals surface area contributed by atoms with E-state index in [0.29, 0.717) is 29.2 Å². The minimum atomic E-state index is -0.430. The second-order valence-corrected chi connectivity index (χ2v) is 7.84. The van der Waals surface area contributed by atoms with Crippen molar-refractivity contribution in [1.82, 2.24) is 0 Å². The Morgan fingerprint density at radius 2 is 1.61 bits per heavy atom. The van der Waals surface area contributed by atoms with Crippen LogP contribution >= 0.6 is 0 Å². The van der Waals surface area contributed by atoms with Gasteiger partial charge in [-0.25, -0.2) is 4.79 Å². The first kappa shape index (κ1) is 24.3. The van der Waals surface area contributed by atoms with Crippen molar-refractivity contribution in [2.75, 3.05) is 6.61 Å². The molecule has 2 rings (SSSR count). The summed E-state index contributed by atoms with van der Waals surface area (Å²) in [6.07, 6.45) is 10.3. The van der Waals surface area contributed by atoms with Gasteiger partial charge in [0.15, 0.2) is 5.78 Å². The highest BCUT2D eigenvalue weighted by Gasteiger charge is 2.20. The van der Waals surface area contributed by atoms with Gasteiger partial charge in [-0.3, -0.25) is 4.79 Å². The molecule has 31 heavy (non-hydrogen) atoms. The van der Waals surface area contributed by atoms with E-state index < -0.39 is 5.97 Å². The molecule has 0 bridgehead atoms. The molecule has 0 fully saturated rings. The Morgan fingerprint density at radius 3 is 2.23 bits per heavy atom. The predicted molar refractivity (Wildman–Crippen MR) is 128 cm³/mol. The molecule has 3 heteroatoms. The lowest BCUT2D eigenvalue weighted by Gasteiger charge is -2.15. The third-order valence-corrected chi connectivity index (χ3v) is 5.53. The molecule has 0 aromatic heterocycles. The van der Waals surface area contributed by atoms with Crippen LogP contribution in [-0.4, -0.2) is 18.4 Å². The summed E-state index contributed by atoms with van der Waals surface area (Å²) in [4.78, 5) is 25.9. The number of carbonyl (C=O) groups excluding carboxylic acids is 2. The Bertz CT molecular complexity index is 920. The molecule has 0 saturated heterocycles. The Labute approximate surface area is 186 Å². The van der Waals surface area contributed by atoms with Gasteiger partial charge in [0.05, 0.1) is 12.2 Å². The number of benzene rings is 2. The Hall–Kier alpha value is -2.94. The SMILES string of the molecule is C/C=C\C=C(/C)c1ccc(C(=O)c2ccccc2C(=O)OCC(CC)CCCC)cc1. The van der Waals surface area contributed by atoms with Crippen LogP contribution in [-0.2, 0) is 4.74 Å². The van der Waals surface area contributed by atoms with Crippen molar-refractivity contribution in [3.63, 3.8) is 0 Å². The molecule has 0 aliphatic heterocycles. The molecule has 0 aliphatic carbocycles. The van der Waals surface area contributed by atoms with E-state index in [9.17, 15) is 9.59 Å². The Balaban J connectivity index is 2.17. The molecular weight excluding hydrogens is 384 g/mol. The molecule has 0 heterocycles. The third kappa shape index (κ3) is 7.06. The van der Waals surface area contributed by atoms with Gasteiger partial charge in [0.2, 0.25) is 0 Å².